The average Bonchev–Trinajstić information content (AvgIpc) is 2.09. The van der Waals surface area contributed by atoms with E-state index in [9.17, 15) is 8.42 Å². The van der Waals surface area contributed by atoms with Gasteiger partial charge in [-0.3, -0.25) is 0 Å². The van der Waals surface area contributed by atoms with E-state index in [1.54, 1.807) is 0 Å². The Hall–Kier alpha value is -0.170. The zero-order valence-electron chi connectivity index (χ0n) is 8.64. The van der Waals surface area contributed by atoms with Gasteiger partial charge in [0.1, 0.15) is 0 Å². The lowest BCUT2D eigenvalue weighted by Gasteiger charge is -2.35. The molecule has 0 aliphatic carbocycles. The molecule has 0 bridgehead atoms. The molecule has 0 aromatic rings. The Morgan fingerprint density at radius 3 is 2.71 bits per heavy atom. The van der Waals surface area contributed by atoms with E-state index in [1.807, 2.05) is 13.8 Å². The molecule has 1 saturated heterocycles. The third-order valence-electron chi connectivity index (χ3n) is 2.28. The summed E-state index contributed by atoms with van der Waals surface area (Å²) in [4.78, 5) is 0. The molecule has 1 aliphatic rings. The van der Waals surface area contributed by atoms with Crippen LogP contribution in [0, 0.1) is 0 Å². The second kappa shape index (κ2) is 4.57. The Morgan fingerprint density at radius 2 is 2.14 bits per heavy atom. The molecule has 2 unspecified atom stereocenters. The van der Waals surface area contributed by atoms with E-state index in [0.717, 1.165) is 0 Å². The standard InChI is InChI=1S/C8H18N2O3S/c1-7-6-13-8(2)5-10(7)14(11,12)4-3-9/h7-8H,3-6,9H2,1-2H3. The highest BCUT2D eigenvalue weighted by Crippen LogP contribution is 2.15. The first-order valence-electron chi connectivity index (χ1n) is 4.78. The van der Waals surface area contributed by atoms with Crippen molar-refractivity contribution in [2.45, 2.75) is 26.0 Å². The lowest BCUT2D eigenvalue weighted by atomic mass is 10.2. The van der Waals surface area contributed by atoms with Crippen LogP contribution in [-0.2, 0) is 14.8 Å². The molecule has 84 valence electrons. The maximum absolute atomic E-state index is 11.7. The minimum atomic E-state index is -3.19. The molecule has 6 heteroatoms. The maximum Gasteiger partial charge on any atom is 0.215 e. The monoisotopic (exact) mass is 222 g/mol. The zero-order valence-corrected chi connectivity index (χ0v) is 9.46. The third kappa shape index (κ3) is 2.66. The Morgan fingerprint density at radius 1 is 1.50 bits per heavy atom. The first-order valence-corrected chi connectivity index (χ1v) is 6.39. The van der Waals surface area contributed by atoms with Crippen LogP contribution in [0.15, 0.2) is 0 Å². The van der Waals surface area contributed by atoms with Crippen LogP contribution in [0.1, 0.15) is 13.8 Å². The summed E-state index contributed by atoms with van der Waals surface area (Å²) in [5.41, 5.74) is 5.26. The van der Waals surface area contributed by atoms with Gasteiger partial charge in [-0.15, -0.1) is 0 Å². The van der Waals surface area contributed by atoms with E-state index in [2.05, 4.69) is 0 Å². The van der Waals surface area contributed by atoms with Gasteiger partial charge in [0.05, 0.1) is 18.5 Å². The fourth-order valence-electron chi connectivity index (χ4n) is 1.53. The second-order valence-corrected chi connectivity index (χ2v) is 5.71. The van der Waals surface area contributed by atoms with Gasteiger partial charge < -0.3 is 10.5 Å². The predicted octanol–water partition coefficient (Wildman–Crippen LogP) is -0.616. The first-order chi connectivity index (χ1) is 6.47. The fraction of sp³-hybridized carbons (Fsp3) is 1.00. The van der Waals surface area contributed by atoms with Crippen LogP contribution in [-0.4, -0.2) is 50.3 Å². The highest BCUT2D eigenvalue weighted by molar-refractivity contribution is 7.89. The summed E-state index contributed by atoms with van der Waals surface area (Å²) in [6.45, 7) is 4.78. The van der Waals surface area contributed by atoms with Crippen molar-refractivity contribution < 1.29 is 13.2 Å². The topological polar surface area (TPSA) is 72.6 Å². The molecular weight excluding hydrogens is 204 g/mol. The number of hydrogen-bond donors (Lipinski definition) is 1. The van der Waals surface area contributed by atoms with Crippen LogP contribution < -0.4 is 5.73 Å². The summed E-state index contributed by atoms with van der Waals surface area (Å²) < 4.78 is 30.3. The SMILES string of the molecule is CC1CN(S(=O)(=O)CCN)C(C)CO1. The van der Waals surface area contributed by atoms with Crippen LogP contribution in [0.3, 0.4) is 0 Å². The molecule has 0 amide bonds. The van der Waals surface area contributed by atoms with E-state index in [-0.39, 0.29) is 24.4 Å². The largest absolute Gasteiger partial charge is 0.375 e. The van der Waals surface area contributed by atoms with Crippen molar-refractivity contribution in [1.82, 2.24) is 4.31 Å². The average molecular weight is 222 g/mol. The number of sulfonamides is 1. The number of hydrogen-bond acceptors (Lipinski definition) is 4. The van der Waals surface area contributed by atoms with Gasteiger partial charge in [-0.05, 0) is 13.8 Å². The molecule has 1 fully saturated rings. The van der Waals surface area contributed by atoms with Crippen molar-refractivity contribution in [2.75, 3.05) is 25.4 Å². The molecule has 1 aliphatic heterocycles. The number of nitrogens with two attached hydrogens (primary N) is 1. The summed E-state index contributed by atoms with van der Waals surface area (Å²) in [5.74, 6) is 0.0179. The highest BCUT2D eigenvalue weighted by atomic mass is 32.2. The lowest BCUT2D eigenvalue weighted by molar-refractivity contribution is -0.0170. The molecule has 0 radical (unpaired) electrons. The van der Waals surface area contributed by atoms with Gasteiger partial charge in [0.15, 0.2) is 0 Å². The molecule has 1 rings (SSSR count). The first kappa shape index (κ1) is 11.9. The van der Waals surface area contributed by atoms with Gasteiger partial charge >= 0.3 is 0 Å². The van der Waals surface area contributed by atoms with Crippen LogP contribution in [0.4, 0.5) is 0 Å². The Kier molecular flexibility index (Phi) is 3.88. The Bertz CT molecular complexity index is 278. The molecular formula is C8H18N2O3S. The summed E-state index contributed by atoms with van der Waals surface area (Å²) in [6, 6.07) is -0.0808. The predicted molar refractivity (Wildman–Crippen MR) is 54.4 cm³/mol. The van der Waals surface area contributed by atoms with Crippen molar-refractivity contribution in [1.29, 1.82) is 0 Å². The second-order valence-electron chi connectivity index (χ2n) is 3.67. The van der Waals surface area contributed by atoms with Gasteiger partial charge in [-0.1, -0.05) is 0 Å². The summed E-state index contributed by atoms with van der Waals surface area (Å²) in [7, 11) is -3.19. The lowest BCUT2D eigenvalue weighted by Crippen LogP contribution is -2.51. The molecule has 0 aromatic heterocycles. The van der Waals surface area contributed by atoms with Crippen molar-refractivity contribution in [2.24, 2.45) is 5.73 Å². The molecule has 2 N–H and O–H groups in total. The number of ether oxygens (including phenoxy) is 1. The van der Waals surface area contributed by atoms with Gasteiger partial charge in [0, 0.05) is 19.1 Å². The molecule has 2 atom stereocenters. The summed E-state index contributed by atoms with van der Waals surface area (Å²) in [6.07, 6.45) is -0.0289. The highest BCUT2D eigenvalue weighted by Gasteiger charge is 2.32. The zero-order chi connectivity index (χ0) is 10.8. The van der Waals surface area contributed by atoms with Crippen LogP contribution >= 0.6 is 0 Å². The molecule has 1 heterocycles. The van der Waals surface area contributed by atoms with Gasteiger partial charge in [0.2, 0.25) is 10.0 Å². The quantitative estimate of drug-likeness (QED) is 0.691. The van der Waals surface area contributed by atoms with Gasteiger partial charge in [0.25, 0.3) is 0 Å². The van der Waals surface area contributed by atoms with Crippen LogP contribution in [0.5, 0.6) is 0 Å². The van der Waals surface area contributed by atoms with Crippen LogP contribution in [0.2, 0.25) is 0 Å². The van der Waals surface area contributed by atoms with E-state index in [1.165, 1.54) is 4.31 Å². The van der Waals surface area contributed by atoms with E-state index in [0.29, 0.717) is 13.2 Å². The van der Waals surface area contributed by atoms with Crippen molar-refractivity contribution >= 4 is 10.0 Å². The van der Waals surface area contributed by atoms with Crippen molar-refractivity contribution in [3.05, 3.63) is 0 Å². The van der Waals surface area contributed by atoms with Gasteiger partial charge in [-0.2, -0.15) is 4.31 Å². The molecule has 5 nitrogen and oxygen atoms in total. The third-order valence-corrected chi connectivity index (χ3v) is 4.26. The minimum Gasteiger partial charge on any atom is -0.375 e. The van der Waals surface area contributed by atoms with Crippen molar-refractivity contribution in [3.63, 3.8) is 0 Å². The summed E-state index contributed by atoms with van der Waals surface area (Å²) >= 11 is 0. The van der Waals surface area contributed by atoms with Gasteiger partial charge in [-0.25, -0.2) is 8.42 Å². The molecule has 0 saturated carbocycles. The number of morpholine rings is 1. The van der Waals surface area contributed by atoms with E-state index >= 15 is 0 Å². The molecule has 14 heavy (non-hydrogen) atoms. The fourth-order valence-corrected chi connectivity index (χ4v) is 3.11. The Labute approximate surface area is 85.3 Å². The number of nitrogens with zero attached hydrogens (tertiary/aromatic N) is 1. The smallest absolute Gasteiger partial charge is 0.215 e. The summed E-state index contributed by atoms with van der Waals surface area (Å²) in [5, 5.41) is 0. The number of rotatable bonds is 3. The minimum absolute atomic E-state index is 0.0179. The van der Waals surface area contributed by atoms with E-state index in [4.69, 9.17) is 10.5 Å². The Balaban J connectivity index is 2.74. The maximum atomic E-state index is 11.7. The van der Waals surface area contributed by atoms with E-state index < -0.39 is 10.0 Å². The molecule has 0 aromatic carbocycles. The molecule has 0 spiro atoms. The van der Waals surface area contributed by atoms with Crippen molar-refractivity contribution in [3.8, 4) is 0 Å². The normalized spacial score (nSPS) is 30.5. The van der Waals surface area contributed by atoms with Crippen LogP contribution in [0.25, 0.3) is 0 Å².